The Labute approximate surface area is 147 Å². The van der Waals surface area contributed by atoms with Gasteiger partial charge in [0.2, 0.25) is 15.9 Å². The minimum absolute atomic E-state index is 0.0440. The molecule has 1 amide bonds. The van der Waals surface area contributed by atoms with Crippen molar-refractivity contribution in [2.75, 3.05) is 26.7 Å². The van der Waals surface area contributed by atoms with E-state index in [-0.39, 0.29) is 21.2 Å². The summed E-state index contributed by atoms with van der Waals surface area (Å²) in [5, 5.41) is 3.15. The van der Waals surface area contributed by atoms with Crippen molar-refractivity contribution in [1.82, 2.24) is 9.62 Å². The van der Waals surface area contributed by atoms with E-state index < -0.39 is 10.0 Å². The molecule has 3 rings (SSSR count). The molecule has 0 aromatic heterocycles. The lowest BCUT2D eigenvalue weighted by Gasteiger charge is -2.44. The summed E-state index contributed by atoms with van der Waals surface area (Å²) in [6, 6.07) is 4.51. The molecule has 2 aliphatic heterocycles. The van der Waals surface area contributed by atoms with E-state index in [1.54, 1.807) is 6.07 Å². The first-order valence-electron chi connectivity index (χ1n) is 7.97. The van der Waals surface area contributed by atoms with Crippen molar-refractivity contribution >= 4 is 27.5 Å². The Morgan fingerprint density at radius 1 is 1.33 bits per heavy atom. The molecule has 2 heterocycles. The lowest BCUT2D eigenvalue weighted by Crippen LogP contribution is -2.53. The lowest BCUT2D eigenvalue weighted by atomic mass is 9.75. The van der Waals surface area contributed by atoms with Crippen LogP contribution in [-0.4, -0.2) is 45.4 Å². The molecule has 0 aliphatic carbocycles. The van der Waals surface area contributed by atoms with E-state index in [1.807, 2.05) is 0 Å². The van der Waals surface area contributed by atoms with E-state index in [2.05, 4.69) is 5.32 Å². The summed E-state index contributed by atoms with van der Waals surface area (Å²) in [4.78, 5) is 11.6. The van der Waals surface area contributed by atoms with Gasteiger partial charge in [0, 0.05) is 31.5 Å². The Morgan fingerprint density at radius 3 is 2.75 bits per heavy atom. The SMILES string of the molecule is COc1ccc(S(=O)(=O)N2CCCC3(CCC(=O)NC3)C2)cc1Cl. The molecule has 0 radical (unpaired) electrons. The van der Waals surface area contributed by atoms with E-state index in [9.17, 15) is 13.2 Å². The van der Waals surface area contributed by atoms with Gasteiger partial charge in [-0.1, -0.05) is 11.6 Å². The number of ether oxygens (including phenoxy) is 1. The molecule has 2 fully saturated rings. The largest absolute Gasteiger partial charge is 0.495 e. The molecule has 1 aromatic carbocycles. The number of benzene rings is 1. The first kappa shape index (κ1) is 17.5. The normalized spacial score (nSPS) is 25.5. The number of halogens is 1. The van der Waals surface area contributed by atoms with E-state index in [1.165, 1.54) is 23.5 Å². The summed E-state index contributed by atoms with van der Waals surface area (Å²) < 4.78 is 32.5. The Morgan fingerprint density at radius 2 is 2.12 bits per heavy atom. The highest BCUT2D eigenvalue weighted by molar-refractivity contribution is 7.89. The molecule has 1 spiro atoms. The second-order valence-corrected chi connectivity index (χ2v) is 8.86. The number of sulfonamides is 1. The minimum Gasteiger partial charge on any atom is -0.495 e. The molecular weight excluding hydrogens is 352 g/mol. The quantitative estimate of drug-likeness (QED) is 0.880. The number of amides is 1. The highest BCUT2D eigenvalue weighted by Gasteiger charge is 2.42. The summed E-state index contributed by atoms with van der Waals surface area (Å²) in [5.41, 5.74) is -0.157. The van der Waals surface area contributed by atoms with Crippen LogP contribution in [0.2, 0.25) is 5.02 Å². The van der Waals surface area contributed by atoms with Gasteiger partial charge in [0.1, 0.15) is 5.75 Å². The van der Waals surface area contributed by atoms with Crippen LogP contribution in [0.1, 0.15) is 25.7 Å². The number of hydrogen-bond acceptors (Lipinski definition) is 4. The number of nitrogens with one attached hydrogen (secondary N) is 1. The number of methoxy groups -OCH3 is 1. The Hall–Kier alpha value is -1.31. The molecule has 2 aliphatic rings. The van der Waals surface area contributed by atoms with Crippen LogP contribution in [0, 0.1) is 5.41 Å². The van der Waals surface area contributed by atoms with E-state index >= 15 is 0 Å². The molecule has 132 valence electrons. The summed E-state index contributed by atoms with van der Waals surface area (Å²) in [7, 11) is -2.13. The molecule has 1 atom stereocenters. The Bertz CT molecular complexity index is 740. The van der Waals surface area contributed by atoms with Crippen molar-refractivity contribution in [2.24, 2.45) is 5.41 Å². The summed E-state index contributed by atoms with van der Waals surface area (Å²) >= 11 is 6.08. The van der Waals surface area contributed by atoms with Crippen molar-refractivity contribution < 1.29 is 17.9 Å². The van der Waals surface area contributed by atoms with Crippen LogP contribution in [0.3, 0.4) is 0 Å². The molecule has 0 bridgehead atoms. The first-order chi connectivity index (χ1) is 11.4. The minimum atomic E-state index is -3.62. The summed E-state index contributed by atoms with van der Waals surface area (Å²) in [6.07, 6.45) is 2.91. The molecule has 8 heteroatoms. The summed E-state index contributed by atoms with van der Waals surface area (Å²) in [6.45, 7) is 1.46. The van der Waals surface area contributed by atoms with Crippen LogP contribution in [0.5, 0.6) is 5.75 Å². The number of piperidine rings is 2. The number of nitrogens with zero attached hydrogens (tertiary/aromatic N) is 1. The molecular formula is C16H21ClN2O4S. The van der Waals surface area contributed by atoms with Crippen LogP contribution in [0.15, 0.2) is 23.1 Å². The Balaban J connectivity index is 1.84. The fourth-order valence-electron chi connectivity index (χ4n) is 3.51. The second-order valence-electron chi connectivity index (χ2n) is 6.52. The van der Waals surface area contributed by atoms with Crippen LogP contribution in [-0.2, 0) is 14.8 Å². The fraction of sp³-hybridized carbons (Fsp3) is 0.562. The number of rotatable bonds is 3. The van der Waals surface area contributed by atoms with Gasteiger partial charge in [-0.2, -0.15) is 4.31 Å². The Kier molecular flexibility index (Phi) is 4.77. The molecule has 24 heavy (non-hydrogen) atoms. The monoisotopic (exact) mass is 372 g/mol. The zero-order valence-corrected chi connectivity index (χ0v) is 15.1. The molecule has 6 nitrogen and oxygen atoms in total. The van der Waals surface area contributed by atoms with Gasteiger partial charge < -0.3 is 10.1 Å². The maximum atomic E-state index is 13.0. The predicted molar refractivity (Wildman–Crippen MR) is 90.7 cm³/mol. The van der Waals surface area contributed by atoms with Crippen LogP contribution in [0.4, 0.5) is 0 Å². The molecule has 0 saturated carbocycles. The standard InChI is InChI=1S/C16H21ClN2O4S/c1-23-14-4-3-12(9-13(14)17)24(21,22)19-8-2-6-16(11-19)7-5-15(20)18-10-16/h3-4,9H,2,5-8,10-11H2,1H3,(H,18,20). The lowest BCUT2D eigenvalue weighted by molar-refractivity contribution is -0.124. The van der Waals surface area contributed by atoms with Crippen molar-refractivity contribution in [3.05, 3.63) is 23.2 Å². The third-order valence-electron chi connectivity index (χ3n) is 4.93. The predicted octanol–water partition coefficient (Wildman–Crippen LogP) is 2.03. The van der Waals surface area contributed by atoms with Crippen molar-refractivity contribution in [2.45, 2.75) is 30.6 Å². The maximum Gasteiger partial charge on any atom is 0.243 e. The van der Waals surface area contributed by atoms with Crippen LogP contribution < -0.4 is 10.1 Å². The van der Waals surface area contributed by atoms with Crippen molar-refractivity contribution in [1.29, 1.82) is 0 Å². The zero-order chi connectivity index (χ0) is 17.4. The average molecular weight is 373 g/mol. The fourth-order valence-corrected chi connectivity index (χ4v) is 5.45. The van der Waals surface area contributed by atoms with Gasteiger partial charge in [0.25, 0.3) is 0 Å². The van der Waals surface area contributed by atoms with Gasteiger partial charge in [-0.25, -0.2) is 8.42 Å². The van der Waals surface area contributed by atoms with Gasteiger partial charge in [-0.3, -0.25) is 4.79 Å². The highest BCUT2D eigenvalue weighted by atomic mass is 35.5. The zero-order valence-electron chi connectivity index (χ0n) is 13.5. The van der Waals surface area contributed by atoms with Crippen molar-refractivity contribution in [3.8, 4) is 5.75 Å². The van der Waals surface area contributed by atoms with Gasteiger partial charge in [-0.05, 0) is 37.5 Å². The van der Waals surface area contributed by atoms with Crippen LogP contribution in [0.25, 0.3) is 0 Å². The molecule has 1 N–H and O–H groups in total. The second kappa shape index (κ2) is 6.54. The van der Waals surface area contributed by atoms with E-state index in [0.717, 1.165) is 19.3 Å². The maximum absolute atomic E-state index is 13.0. The number of hydrogen-bond donors (Lipinski definition) is 1. The average Bonchev–Trinajstić information content (AvgIpc) is 2.58. The van der Waals surface area contributed by atoms with Crippen molar-refractivity contribution in [3.63, 3.8) is 0 Å². The number of carbonyl (C=O) groups excluding carboxylic acids is 1. The van der Waals surface area contributed by atoms with Gasteiger partial charge >= 0.3 is 0 Å². The number of carbonyl (C=O) groups is 1. The summed E-state index contributed by atoms with van der Waals surface area (Å²) in [5.74, 6) is 0.489. The smallest absolute Gasteiger partial charge is 0.243 e. The first-order valence-corrected chi connectivity index (χ1v) is 9.79. The molecule has 1 unspecified atom stereocenters. The van der Waals surface area contributed by atoms with Gasteiger partial charge in [-0.15, -0.1) is 0 Å². The van der Waals surface area contributed by atoms with Crippen LogP contribution >= 0.6 is 11.6 Å². The molecule has 1 aromatic rings. The molecule has 2 saturated heterocycles. The van der Waals surface area contributed by atoms with Gasteiger partial charge in [0.15, 0.2) is 0 Å². The van der Waals surface area contributed by atoms with E-state index in [0.29, 0.717) is 31.8 Å². The third kappa shape index (κ3) is 3.25. The topological polar surface area (TPSA) is 75.7 Å². The third-order valence-corrected chi connectivity index (χ3v) is 7.07. The van der Waals surface area contributed by atoms with E-state index in [4.69, 9.17) is 16.3 Å². The van der Waals surface area contributed by atoms with Gasteiger partial charge in [0.05, 0.1) is 17.0 Å². The highest BCUT2D eigenvalue weighted by Crippen LogP contribution is 2.38.